The number of aromatic nitrogens is 2. The second-order valence-electron chi connectivity index (χ2n) is 6.71. The fourth-order valence-electron chi connectivity index (χ4n) is 3.29. The van der Waals surface area contributed by atoms with Crippen LogP contribution in [0.3, 0.4) is 0 Å². The summed E-state index contributed by atoms with van der Waals surface area (Å²) in [6.45, 7) is 1.84. The molecular weight excluding hydrogens is 392 g/mol. The van der Waals surface area contributed by atoms with Crippen molar-refractivity contribution in [2.75, 3.05) is 48.9 Å². The Morgan fingerprint density at radius 1 is 1.19 bits per heavy atom. The number of hydrogen-bond acceptors (Lipinski definition) is 6. The van der Waals surface area contributed by atoms with Crippen LogP contribution >= 0.6 is 15.9 Å². The van der Waals surface area contributed by atoms with E-state index < -0.39 is 0 Å². The first-order chi connectivity index (χ1) is 12.5. The lowest BCUT2D eigenvalue weighted by Crippen LogP contribution is -2.44. The highest BCUT2D eigenvalue weighted by atomic mass is 79.9. The van der Waals surface area contributed by atoms with Gasteiger partial charge in [0.25, 0.3) is 0 Å². The van der Waals surface area contributed by atoms with Crippen LogP contribution in [0.2, 0.25) is 0 Å². The number of rotatable bonds is 4. The maximum Gasteiger partial charge on any atom is 0.226 e. The van der Waals surface area contributed by atoms with E-state index in [-0.39, 0.29) is 0 Å². The summed E-state index contributed by atoms with van der Waals surface area (Å²) in [5, 5.41) is 9.38. The van der Waals surface area contributed by atoms with Gasteiger partial charge in [0, 0.05) is 50.9 Å². The maximum absolute atomic E-state index is 9.38. The number of piperidine rings is 1. The summed E-state index contributed by atoms with van der Waals surface area (Å²) in [6.07, 6.45) is 3.86. The fraction of sp³-hybridized carbons (Fsp3) is 0.421. The number of nitrogens with zero attached hydrogens (tertiary/aromatic N) is 6. The van der Waals surface area contributed by atoms with Gasteiger partial charge in [-0.15, -0.1) is 0 Å². The molecule has 6 nitrogen and oxygen atoms in total. The van der Waals surface area contributed by atoms with Crippen LogP contribution in [0.1, 0.15) is 18.4 Å². The molecule has 1 aliphatic rings. The normalized spacial score (nSPS) is 14.8. The van der Waals surface area contributed by atoms with E-state index in [2.05, 4.69) is 48.8 Å². The van der Waals surface area contributed by atoms with Crippen molar-refractivity contribution in [3.05, 3.63) is 40.5 Å². The first kappa shape index (κ1) is 18.5. The summed E-state index contributed by atoms with van der Waals surface area (Å²) in [7, 11) is 5.99. The molecule has 0 unspecified atom stereocenters. The molecule has 1 aromatic carbocycles. The van der Waals surface area contributed by atoms with E-state index in [0.717, 1.165) is 53.4 Å². The van der Waals surface area contributed by atoms with Gasteiger partial charge >= 0.3 is 0 Å². The van der Waals surface area contributed by atoms with Crippen LogP contribution in [0.5, 0.6) is 0 Å². The molecule has 2 aromatic rings. The molecule has 2 heterocycles. The molecular formula is C19H23BrN6. The highest BCUT2D eigenvalue weighted by Crippen LogP contribution is 2.29. The predicted molar refractivity (Wildman–Crippen MR) is 109 cm³/mol. The maximum atomic E-state index is 9.38. The second kappa shape index (κ2) is 7.92. The van der Waals surface area contributed by atoms with Crippen LogP contribution < -0.4 is 14.7 Å². The molecule has 26 heavy (non-hydrogen) atoms. The van der Waals surface area contributed by atoms with Crippen molar-refractivity contribution in [1.82, 2.24) is 9.97 Å². The Balaban J connectivity index is 1.70. The van der Waals surface area contributed by atoms with Gasteiger partial charge in [-0.05, 0) is 37.1 Å². The van der Waals surface area contributed by atoms with Crippen molar-refractivity contribution in [1.29, 1.82) is 5.26 Å². The van der Waals surface area contributed by atoms with E-state index in [4.69, 9.17) is 0 Å². The van der Waals surface area contributed by atoms with E-state index >= 15 is 0 Å². The molecule has 1 fully saturated rings. The largest absolute Gasteiger partial charge is 0.370 e. The van der Waals surface area contributed by atoms with E-state index in [0.29, 0.717) is 6.04 Å². The van der Waals surface area contributed by atoms with Gasteiger partial charge in [0.1, 0.15) is 11.9 Å². The summed E-state index contributed by atoms with van der Waals surface area (Å²) >= 11 is 3.51. The SMILES string of the molecule is CN(C)c1nccc(N(C)C2CCN(c3cc(Br)ccc3C#N)CC2)n1. The molecule has 0 spiro atoms. The summed E-state index contributed by atoms with van der Waals surface area (Å²) in [5.74, 6) is 1.67. The van der Waals surface area contributed by atoms with Gasteiger partial charge < -0.3 is 14.7 Å². The van der Waals surface area contributed by atoms with Crippen molar-refractivity contribution in [2.24, 2.45) is 0 Å². The van der Waals surface area contributed by atoms with Crippen molar-refractivity contribution in [3.63, 3.8) is 0 Å². The lowest BCUT2D eigenvalue weighted by molar-refractivity contribution is 0.480. The van der Waals surface area contributed by atoms with Crippen LogP contribution in [0.25, 0.3) is 0 Å². The van der Waals surface area contributed by atoms with Gasteiger partial charge in [0.05, 0.1) is 11.3 Å². The molecule has 0 atom stereocenters. The summed E-state index contributed by atoms with van der Waals surface area (Å²) in [4.78, 5) is 15.4. The minimum absolute atomic E-state index is 0.425. The first-order valence-electron chi connectivity index (χ1n) is 8.67. The van der Waals surface area contributed by atoms with Gasteiger partial charge in [-0.3, -0.25) is 0 Å². The monoisotopic (exact) mass is 414 g/mol. The zero-order valence-electron chi connectivity index (χ0n) is 15.4. The van der Waals surface area contributed by atoms with E-state index in [9.17, 15) is 5.26 Å². The van der Waals surface area contributed by atoms with E-state index in [1.165, 1.54) is 0 Å². The first-order valence-corrected chi connectivity index (χ1v) is 9.46. The Morgan fingerprint density at radius 2 is 1.92 bits per heavy atom. The average molecular weight is 415 g/mol. The summed E-state index contributed by atoms with van der Waals surface area (Å²) in [6, 6.07) is 10.5. The quantitative estimate of drug-likeness (QED) is 0.764. The van der Waals surface area contributed by atoms with Crippen molar-refractivity contribution in [3.8, 4) is 6.07 Å². The number of anilines is 3. The Morgan fingerprint density at radius 3 is 2.58 bits per heavy atom. The van der Waals surface area contributed by atoms with E-state index in [1.807, 2.05) is 49.5 Å². The third-order valence-electron chi connectivity index (χ3n) is 4.82. The third-order valence-corrected chi connectivity index (χ3v) is 5.32. The van der Waals surface area contributed by atoms with Crippen molar-refractivity contribution < 1.29 is 0 Å². The molecule has 0 N–H and O–H groups in total. The molecule has 3 rings (SSSR count). The predicted octanol–water partition coefficient (Wildman–Crippen LogP) is 3.28. The Labute approximate surface area is 163 Å². The van der Waals surface area contributed by atoms with Crippen LogP contribution in [-0.4, -0.2) is 50.2 Å². The molecule has 0 bridgehead atoms. The van der Waals surface area contributed by atoms with Gasteiger partial charge in [-0.2, -0.15) is 10.2 Å². The highest BCUT2D eigenvalue weighted by Gasteiger charge is 2.25. The average Bonchev–Trinajstić information content (AvgIpc) is 2.67. The lowest BCUT2D eigenvalue weighted by Gasteiger charge is -2.38. The number of benzene rings is 1. The highest BCUT2D eigenvalue weighted by molar-refractivity contribution is 9.10. The smallest absolute Gasteiger partial charge is 0.226 e. The van der Waals surface area contributed by atoms with Gasteiger partial charge in [-0.25, -0.2) is 4.98 Å². The van der Waals surface area contributed by atoms with Gasteiger partial charge in [0.2, 0.25) is 5.95 Å². The van der Waals surface area contributed by atoms with Crippen LogP contribution in [0, 0.1) is 11.3 Å². The molecule has 1 aromatic heterocycles. The second-order valence-corrected chi connectivity index (χ2v) is 7.63. The topological polar surface area (TPSA) is 59.3 Å². The summed E-state index contributed by atoms with van der Waals surface area (Å²) in [5.41, 5.74) is 1.74. The minimum Gasteiger partial charge on any atom is -0.370 e. The molecule has 0 amide bonds. The zero-order chi connectivity index (χ0) is 18.7. The third kappa shape index (κ3) is 3.91. The van der Waals surface area contributed by atoms with Crippen LogP contribution in [0.15, 0.2) is 34.9 Å². The number of halogens is 1. The van der Waals surface area contributed by atoms with Gasteiger partial charge in [-0.1, -0.05) is 15.9 Å². The van der Waals surface area contributed by atoms with E-state index in [1.54, 1.807) is 0 Å². The van der Waals surface area contributed by atoms with Crippen molar-refractivity contribution >= 4 is 33.4 Å². The Bertz CT molecular complexity index is 808. The minimum atomic E-state index is 0.425. The zero-order valence-corrected chi connectivity index (χ0v) is 16.9. The molecule has 1 aliphatic heterocycles. The van der Waals surface area contributed by atoms with Crippen LogP contribution in [0.4, 0.5) is 17.5 Å². The fourth-order valence-corrected chi connectivity index (χ4v) is 3.64. The molecule has 0 radical (unpaired) electrons. The molecule has 0 aliphatic carbocycles. The summed E-state index contributed by atoms with van der Waals surface area (Å²) < 4.78 is 1.00. The van der Waals surface area contributed by atoms with Crippen LogP contribution in [-0.2, 0) is 0 Å². The standard InChI is InChI=1S/C19H23BrN6/c1-24(2)19-22-9-6-18(23-19)25(3)16-7-10-26(11-8-16)17-12-15(20)5-4-14(17)13-21/h4-6,9,12,16H,7-8,10-11H2,1-3H3. The molecule has 136 valence electrons. The molecule has 7 heteroatoms. The molecule has 0 saturated carbocycles. The Hall–Kier alpha value is -2.33. The van der Waals surface area contributed by atoms with Crippen molar-refractivity contribution in [2.45, 2.75) is 18.9 Å². The molecule has 1 saturated heterocycles. The Kier molecular flexibility index (Phi) is 5.62. The van der Waals surface area contributed by atoms with Gasteiger partial charge in [0.15, 0.2) is 0 Å². The number of nitriles is 1. The number of hydrogen-bond donors (Lipinski definition) is 0. The lowest BCUT2D eigenvalue weighted by atomic mass is 10.0.